The first-order valence-electron chi connectivity index (χ1n) is 7.06. The number of rotatable bonds is 3. The third-order valence-electron chi connectivity index (χ3n) is 3.88. The number of carbonyl (C=O) groups is 1. The van der Waals surface area contributed by atoms with Crippen LogP contribution in [0.3, 0.4) is 0 Å². The summed E-state index contributed by atoms with van der Waals surface area (Å²) in [6, 6.07) is 0. The summed E-state index contributed by atoms with van der Waals surface area (Å²) in [6.45, 7) is 10.2. The van der Waals surface area contributed by atoms with Gasteiger partial charge in [-0.05, 0) is 19.8 Å². The Bertz CT molecular complexity index is 493. The summed E-state index contributed by atoms with van der Waals surface area (Å²) in [4.78, 5) is 19.0. The van der Waals surface area contributed by atoms with Gasteiger partial charge >= 0.3 is 0 Å². The number of anilines is 1. The van der Waals surface area contributed by atoms with Gasteiger partial charge < -0.3 is 9.64 Å². The topological polar surface area (TPSA) is 42.4 Å². The number of ether oxygens (including phenoxy) is 1. The molecule has 0 spiro atoms. The van der Waals surface area contributed by atoms with Crippen molar-refractivity contribution in [3.05, 3.63) is 10.6 Å². The van der Waals surface area contributed by atoms with Crippen LogP contribution in [0.15, 0.2) is 0 Å². The van der Waals surface area contributed by atoms with Crippen molar-refractivity contribution in [2.45, 2.75) is 51.6 Å². The number of piperidine rings is 1. The Balaban J connectivity index is 2.29. The highest BCUT2D eigenvalue weighted by Crippen LogP contribution is 2.35. The summed E-state index contributed by atoms with van der Waals surface area (Å²) in [5.74, 6) is 0. The van der Waals surface area contributed by atoms with Crippen molar-refractivity contribution in [3.63, 3.8) is 0 Å². The average Bonchev–Trinajstić information content (AvgIpc) is 2.83. The Kier molecular flexibility index (Phi) is 4.21. The van der Waals surface area contributed by atoms with Crippen molar-refractivity contribution in [1.29, 1.82) is 0 Å². The SMILES string of the molecule is COC1(C)CCCN(c2nc(C(C)(C)C)c(C=O)s2)C1. The number of methoxy groups -OCH3 is 1. The average molecular weight is 296 g/mol. The monoisotopic (exact) mass is 296 g/mol. The molecule has 20 heavy (non-hydrogen) atoms. The number of aldehydes is 1. The minimum Gasteiger partial charge on any atom is -0.377 e. The molecule has 1 aliphatic heterocycles. The van der Waals surface area contributed by atoms with Crippen LogP contribution in [0.1, 0.15) is 55.9 Å². The van der Waals surface area contributed by atoms with E-state index in [1.165, 1.54) is 11.3 Å². The molecule has 0 amide bonds. The number of hydrogen-bond donors (Lipinski definition) is 0. The van der Waals surface area contributed by atoms with Crippen molar-refractivity contribution in [1.82, 2.24) is 4.98 Å². The minimum absolute atomic E-state index is 0.106. The highest BCUT2D eigenvalue weighted by Gasteiger charge is 2.33. The molecule has 0 aliphatic carbocycles. The van der Waals surface area contributed by atoms with Crippen molar-refractivity contribution in [2.75, 3.05) is 25.1 Å². The molecule has 112 valence electrons. The maximum Gasteiger partial charge on any atom is 0.186 e. The molecule has 1 saturated heterocycles. The summed E-state index contributed by atoms with van der Waals surface area (Å²) < 4.78 is 5.63. The molecule has 2 rings (SSSR count). The molecule has 0 N–H and O–H groups in total. The molecule has 1 aromatic heterocycles. The molecule has 0 radical (unpaired) electrons. The summed E-state index contributed by atoms with van der Waals surface area (Å²) in [5, 5.41) is 0.944. The lowest BCUT2D eigenvalue weighted by Gasteiger charge is -2.39. The number of thiazole rings is 1. The van der Waals surface area contributed by atoms with Gasteiger partial charge in [-0.3, -0.25) is 4.79 Å². The summed E-state index contributed by atoms with van der Waals surface area (Å²) >= 11 is 1.50. The predicted molar refractivity (Wildman–Crippen MR) is 83.1 cm³/mol. The lowest BCUT2D eigenvalue weighted by atomic mass is 9.91. The first-order chi connectivity index (χ1) is 9.29. The first kappa shape index (κ1) is 15.4. The molecular weight excluding hydrogens is 272 g/mol. The van der Waals surface area contributed by atoms with Crippen LogP contribution in [0.25, 0.3) is 0 Å². The van der Waals surface area contributed by atoms with Gasteiger partial charge in [0.25, 0.3) is 0 Å². The van der Waals surface area contributed by atoms with E-state index < -0.39 is 0 Å². The second kappa shape index (κ2) is 5.45. The number of nitrogens with zero attached hydrogens (tertiary/aromatic N) is 2. The second-order valence-electron chi connectivity index (χ2n) is 6.76. The van der Waals surface area contributed by atoms with Gasteiger partial charge in [0.2, 0.25) is 0 Å². The van der Waals surface area contributed by atoms with Crippen molar-refractivity contribution >= 4 is 22.8 Å². The van der Waals surface area contributed by atoms with Gasteiger partial charge in [0.1, 0.15) is 0 Å². The van der Waals surface area contributed by atoms with Crippen LogP contribution in [0.5, 0.6) is 0 Å². The zero-order valence-electron chi connectivity index (χ0n) is 13.0. The third kappa shape index (κ3) is 3.04. The van der Waals surface area contributed by atoms with E-state index in [1.807, 2.05) is 0 Å². The zero-order chi connectivity index (χ0) is 15.0. The van der Waals surface area contributed by atoms with Gasteiger partial charge in [-0.2, -0.15) is 0 Å². The van der Waals surface area contributed by atoms with Crippen LogP contribution in [-0.4, -0.2) is 37.1 Å². The fraction of sp³-hybridized carbons (Fsp3) is 0.733. The highest BCUT2D eigenvalue weighted by atomic mass is 32.1. The van der Waals surface area contributed by atoms with Crippen LogP contribution in [-0.2, 0) is 10.2 Å². The lowest BCUT2D eigenvalue weighted by molar-refractivity contribution is -0.00466. The normalized spacial score (nSPS) is 23.9. The Labute approximate surface area is 125 Å². The molecule has 2 heterocycles. The second-order valence-corrected chi connectivity index (χ2v) is 7.77. The Morgan fingerprint density at radius 1 is 1.45 bits per heavy atom. The van der Waals surface area contributed by atoms with E-state index in [1.54, 1.807) is 7.11 Å². The maximum absolute atomic E-state index is 11.3. The largest absolute Gasteiger partial charge is 0.377 e. The maximum atomic E-state index is 11.3. The van der Waals surface area contributed by atoms with Crippen molar-refractivity contribution in [2.24, 2.45) is 0 Å². The van der Waals surface area contributed by atoms with Gasteiger partial charge in [0.05, 0.1) is 16.2 Å². The van der Waals surface area contributed by atoms with Crippen LogP contribution < -0.4 is 4.90 Å². The van der Waals surface area contributed by atoms with E-state index >= 15 is 0 Å². The molecule has 5 heteroatoms. The van der Waals surface area contributed by atoms with Gasteiger partial charge in [0, 0.05) is 25.6 Å². The fourth-order valence-corrected chi connectivity index (χ4v) is 3.72. The molecule has 1 unspecified atom stereocenters. The quantitative estimate of drug-likeness (QED) is 0.803. The van der Waals surface area contributed by atoms with E-state index in [-0.39, 0.29) is 11.0 Å². The van der Waals surface area contributed by atoms with Gasteiger partial charge in [-0.15, -0.1) is 0 Å². The predicted octanol–water partition coefficient (Wildman–Crippen LogP) is 3.26. The Morgan fingerprint density at radius 2 is 2.15 bits per heavy atom. The van der Waals surface area contributed by atoms with E-state index in [0.29, 0.717) is 0 Å². The molecule has 1 aliphatic rings. The summed E-state index contributed by atoms with van der Waals surface area (Å²) in [6.07, 6.45) is 3.09. The van der Waals surface area contributed by atoms with Crippen LogP contribution in [0.2, 0.25) is 0 Å². The minimum atomic E-state index is -0.118. The van der Waals surface area contributed by atoms with E-state index in [2.05, 4.69) is 32.6 Å². The molecule has 0 saturated carbocycles. The van der Waals surface area contributed by atoms with Gasteiger partial charge in [0.15, 0.2) is 11.4 Å². The van der Waals surface area contributed by atoms with E-state index in [4.69, 9.17) is 9.72 Å². The van der Waals surface area contributed by atoms with Crippen LogP contribution in [0.4, 0.5) is 5.13 Å². The third-order valence-corrected chi connectivity index (χ3v) is 4.92. The van der Waals surface area contributed by atoms with Crippen molar-refractivity contribution < 1.29 is 9.53 Å². The molecule has 1 atom stereocenters. The zero-order valence-corrected chi connectivity index (χ0v) is 13.8. The molecule has 0 bridgehead atoms. The Morgan fingerprint density at radius 3 is 2.65 bits per heavy atom. The molecule has 4 nitrogen and oxygen atoms in total. The highest BCUT2D eigenvalue weighted by molar-refractivity contribution is 7.17. The lowest BCUT2D eigenvalue weighted by Crippen LogP contribution is -2.47. The molecular formula is C15H24N2O2S. The van der Waals surface area contributed by atoms with Gasteiger partial charge in [-0.25, -0.2) is 4.98 Å². The standard InChI is InChI=1S/C15H24N2O2S/c1-14(2,3)12-11(9-18)20-13(16-12)17-8-6-7-15(4,10-17)19-5/h9H,6-8,10H2,1-5H3. The van der Waals surface area contributed by atoms with Crippen LogP contribution >= 0.6 is 11.3 Å². The Hall–Kier alpha value is -0.940. The number of carbonyl (C=O) groups excluding carboxylic acids is 1. The summed E-state index contributed by atoms with van der Waals surface area (Å²) in [5.41, 5.74) is 0.676. The summed E-state index contributed by atoms with van der Waals surface area (Å²) in [7, 11) is 1.77. The molecule has 0 aromatic carbocycles. The number of hydrogen-bond acceptors (Lipinski definition) is 5. The fourth-order valence-electron chi connectivity index (χ4n) is 2.61. The smallest absolute Gasteiger partial charge is 0.186 e. The van der Waals surface area contributed by atoms with Gasteiger partial charge in [-0.1, -0.05) is 32.1 Å². The van der Waals surface area contributed by atoms with Crippen molar-refractivity contribution in [3.8, 4) is 0 Å². The van der Waals surface area contributed by atoms with E-state index in [0.717, 1.165) is 47.9 Å². The molecule has 1 aromatic rings. The van der Waals surface area contributed by atoms with Crippen LogP contribution in [0, 0.1) is 0 Å². The first-order valence-corrected chi connectivity index (χ1v) is 7.87. The number of aromatic nitrogens is 1. The van der Waals surface area contributed by atoms with E-state index in [9.17, 15) is 4.79 Å². The molecule has 1 fully saturated rings.